The Bertz CT molecular complexity index is 1240. The molecule has 0 unspecified atom stereocenters. The average Bonchev–Trinajstić information content (AvgIpc) is 3.29. The SMILES string of the molecule is CC(C)c1cnnc(N=C2CCc3ncc(-c4cnn(CCCN5CC(C(N)=O)C5)c4)cc3N2)c1. The molecule has 182 valence electrons. The summed E-state index contributed by atoms with van der Waals surface area (Å²) >= 11 is 0. The van der Waals surface area contributed by atoms with Crippen molar-refractivity contribution in [2.75, 3.05) is 25.0 Å². The third-order valence-electron chi connectivity index (χ3n) is 6.61. The summed E-state index contributed by atoms with van der Waals surface area (Å²) in [6.07, 6.45) is 10.2. The van der Waals surface area contributed by atoms with Crippen LogP contribution in [0.2, 0.25) is 0 Å². The first kappa shape index (κ1) is 23.1. The molecule has 0 aliphatic carbocycles. The molecule has 0 atom stereocenters. The van der Waals surface area contributed by atoms with Crippen LogP contribution in [0, 0.1) is 5.92 Å². The van der Waals surface area contributed by atoms with Gasteiger partial charge in [0.25, 0.3) is 0 Å². The van der Waals surface area contributed by atoms with Gasteiger partial charge in [0.15, 0.2) is 5.82 Å². The Balaban J connectivity index is 1.21. The number of nitrogens with zero attached hydrogens (tertiary/aromatic N) is 7. The number of nitrogens with two attached hydrogens (primary N) is 1. The molecule has 1 amide bonds. The number of aryl methyl sites for hydroxylation is 2. The Morgan fingerprint density at radius 1 is 1.17 bits per heavy atom. The van der Waals surface area contributed by atoms with Crippen LogP contribution < -0.4 is 11.1 Å². The van der Waals surface area contributed by atoms with Crippen LogP contribution in [-0.4, -0.2) is 61.2 Å². The van der Waals surface area contributed by atoms with Gasteiger partial charge in [0.2, 0.25) is 5.91 Å². The lowest BCUT2D eigenvalue weighted by molar-refractivity contribution is -0.126. The van der Waals surface area contributed by atoms with E-state index in [-0.39, 0.29) is 11.8 Å². The van der Waals surface area contributed by atoms with Crippen LogP contribution in [0.25, 0.3) is 11.1 Å². The number of aliphatic imine (C=N–C) groups is 1. The number of hydrogen-bond acceptors (Lipinski definition) is 7. The van der Waals surface area contributed by atoms with E-state index in [0.717, 1.165) is 79.3 Å². The summed E-state index contributed by atoms with van der Waals surface area (Å²) < 4.78 is 1.96. The molecule has 0 aromatic carbocycles. The largest absolute Gasteiger partial charge is 0.369 e. The number of fused-ring (bicyclic) bond motifs is 1. The second-order valence-electron chi connectivity index (χ2n) is 9.61. The fourth-order valence-corrected chi connectivity index (χ4v) is 4.40. The number of aromatic nitrogens is 5. The molecule has 2 aliphatic rings. The van der Waals surface area contributed by atoms with Gasteiger partial charge in [-0.25, -0.2) is 4.99 Å². The molecule has 0 spiro atoms. The van der Waals surface area contributed by atoms with Crippen molar-refractivity contribution in [3.05, 3.63) is 48.2 Å². The van der Waals surface area contributed by atoms with E-state index < -0.39 is 0 Å². The van der Waals surface area contributed by atoms with E-state index in [0.29, 0.717) is 11.7 Å². The number of likely N-dealkylation sites (tertiary alicyclic amines) is 1. The van der Waals surface area contributed by atoms with Gasteiger partial charge in [-0.3, -0.25) is 14.5 Å². The lowest BCUT2D eigenvalue weighted by atomic mass is 9.99. The number of carbonyl (C=O) groups is 1. The summed E-state index contributed by atoms with van der Waals surface area (Å²) in [5.74, 6) is 1.68. The van der Waals surface area contributed by atoms with Gasteiger partial charge in [0, 0.05) is 49.6 Å². The van der Waals surface area contributed by atoms with Crippen LogP contribution in [0.1, 0.15) is 43.9 Å². The van der Waals surface area contributed by atoms with E-state index in [1.54, 1.807) is 6.20 Å². The summed E-state index contributed by atoms with van der Waals surface area (Å²) in [5.41, 5.74) is 10.5. The number of amidine groups is 1. The standard InChI is InChI=1S/C25H31N9O/c1-16(2)17-9-24(32-28-11-17)31-23-5-4-21-22(30-23)8-18(10-27-21)19-12-29-34(15-19)7-3-6-33-13-20(14-33)25(26)35/h8-12,15-16,20H,3-7,13-14H2,1-2H3,(H2,26,35)(H,30,31,32). The number of anilines is 1. The van der Waals surface area contributed by atoms with Gasteiger partial charge in [0.1, 0.15) is 5.84 Å². The molecule has 10 nitrogen and oxygen atoms in total. The second kappa shape index (κ2) is 9.91. The maximum absolute atomic E-state index is 11.1. The average molecular weight is 474 g/mol. The summed E-state index contributed by atoms with van der Waals surface area (Å²) in [6, 6.07) is 4.10. The molecule has 1 saturated heterocycles. The summed E-state index contributed by atoms with van der Waals surface area (Å²) in [5, 5.41) is 16.2. The third kappa shape index (κ3) is 5.37. The topological polar surface area (TPSA) is 127 Å². The number of hydrogen-bond donors (Lipinski definition) is 2. The zero-order valence-corrected chi connectivity index (χ0v) is 20.2. The zero-order chi connectivity index (χ0) is 24.4. The number of rotatable bonds is 8. The number of amides is 1. The minimum Gasteiger partial charge on any atom is -0.369 e. The first-order valence-corrected chi connectivity index (χ1v) is 12.1. The summed E-state index contributed by atoms with van der Waals surface area (Å²) in [4.78, 5) is 22.8. The van der Waals surface area contributed by atoms with Crippen molar-refractivity contribution in [3.63, 3.8) is 0 Å². The van der Waals surface area contributed by atoms with Gasteiger partial charge >= 0.3 is 0 Å². The first-order valence-electron chi connectivity index (χ1n) is 12.1. The van der Waals surface area contributed by atoms with Crippen molar-refractivity contribution >= 4 is 23.2 Å². The molecule has 2 aliphatic heterocycles. The number of nitrogens with one attached hydrogen (secondary N) is 1. The van der Waals surface area contributed by atoms with E-state index in [1.165, 1.54) is 0 Å². The van der Waals surface area contributed by atoms with Crippen molar-refractivity contribution in [2.24, 2.45) is 16.6 Å². The molecule has 3 aromatic heterocycles. The molecule has 5 heterocycles. The smallest absolute Gasteiger partial charge is 0.223 e. The van der Waals surface area contributed by atoms with E-state index in [4.69, 9.17) is 10.7 Å². The highest BCUT2D eigenvalue weighted by Crippen LogP contribution is 2.28. The Morgan fingerprint density at radius 3 is 2.83 bits per heavy atom. The highest BCUT2D eigenvalue weighted by molar-refractivity contribution is 5.99. The van der Waals surface area contributed by atoms with Gasteiger partial charge in [-0.15, -0.1) is 5.10 Å². The molecule has 3 aromatic rings. The summed E-state index contributed by atoms with van der Waals surface area (Å²) in [7, 11) is 0. The fraction of sp³-hybridized carbons (Fsp3) is 0.440. The Labute approximate surface area is 204 Å². The van der Waals surface area contributed by atoms with Crippen molar-refractivity contribution in [1.29, 1.82) is 0 Å². The highest BCUT2D eigenvalue weighted by Gasteiger charge is 2.30. The van der Waals surface area contributed by atoms with Crippen molar-refractivity contribution in [3.8, 4) is 11.1 Å². The molecule has 10 heteroatoms. The van der Waals surface area contributed by atoms with Crippen LogP contribution in [0.3, 0.4) is 0 Å². The Kier molecular flexibility index (Phi) is 6.54. The maximum Gasteiger partial charge on any atom is 0.223 e. The van der Waals surface area contributed by atoms with Gasteiger partial charge < -0.3 is 16.0 Å². The first-order chi connectivity index (χ1) is 16.9. The molecule has 0 bridgehead atoms. The molecule has 1 fully saturated rings. The maximum atomic E-state index is 11.1. The summed E-state index contributed by atoms with van der Waals surface area (Å²) in [6.45, 7) is 7.57. The number of primary amides is 1. The normalized spacial score (nSPS) is 17.3. The quantitative estimate of drug-likeness (QED) is 0.515. The molecule has 3 N–H and O–H groups in total. The molecule has 35 heavy (non-hydrogen) atoms. The minimum atomic E-state index is -0.196. The molecule has 0 radical (unpaired) electrons. The van der Waals surface area contributed by atoms with Gasteiger partial charge in [-0.2, -0.15) is 10.2 Å². The van der Waals surface area contributed by atoms with Crippen LogP contribution in [0.15, 0.2) is 41.9 Å². The lowest BCUT2D eigenvalue weighted by Gasteiger charge is -2.37. The van der Waals surface area contributed by atoms with E-state index >= 15 is 0 Å². The predicted molar refractivity (Wildman–Crippen MR) is 134 cm³/mol. The molecule has 0 saturated carbocycles. The predicted octanol–water partition coefficient (Wildman–Crippen LogP) is 2.75. The van der Waals surface area contributed by atoms with E-state index in [2.05, 4.69) is 56.6 Å². The Hall–Kier alpha value is -3.66. The van der Waals surface area contributed by atoms with Crippen molar-refractivity contribution in [1.82, 2.24) is 29.9 Å². The highest BCUT2D eigenvalue weighted by atomic mass is 16.1. The van der Waals surface area contributed by atoms with Crippen LogP contribution in [0.5, 0.6) is 0 Å². The Morgan fingerprint density at radius 2 is 2.03 bits per heavy atom. The monoisotopic (exact) mass is 473 g/mol. The third-order valence-corrected chi connectivity index (χ3v) is 6.61. The number of carbonyl (C=O) groups excluding carboxylic acids is 1. The van der Waals surface area contributed by atoms with Crippen molar-refractivity contribution < 1.29 is 4.79 Å². The lowest BCUT2D eigenvalue weighted by Crippen LogP contribution is -2.52. The minimum absolute atomic E-state index is 0.0140. The fourth-order valence-electron chi connectivity index (χ4n) is 4.40. The van der Waals surface area contributed by atoms with Crippen LogP contribution in [-0.2, 0) is 17.8 Å². The van der Waals surface area contributed by atoms with Crippen LogP contribution >= 0.6 is 0 Å². The van der Waals surface area contributed by atoms with E-state index in [1.807, 2.05) is 23.1 Å². The molecular formula is C25H31N9O. The van der Waals surface area contributed by atoms with E-state index in [9.17, 15) is 4.79 Å². The molecule has 5 rings (SSSR count). The zero-order valence-electron chi connectivity index (χ0n) is 20.2. The van der Waals surface area contributed by atoms with Gasteiger partial charge in [-0.1, -0.05) is 13.8 Å². The molecular weight excluding hydrogens is 442 g/mol. The van der Waals surface area contributed by atoms with Gasteiger partial charge in [-0.05, 0) is 43.0 Å². The van der Waals surface area contributed by atoms with Crippen molar-refractivity contribution in [2.45, 2.75) is 45.6 Å². The van der Waals surface area contributed by atoms with Gasteiger partial charge in [0.05, 0.1) is 29.7 Å². The van der Waals surface area contributed by atoms with Crippen LogP contribution in [0.4, 0.5) is 11.5 Å². The number of pyridine rings is 1. The second-order valence-corrected chi connectivity index (χ2v) is 9.61.